The summed E-state index contributed by atoms with van der Waals surface area (Å²) < 4.78 is 4.81. The van der Waals surface area contributed by atoms with Crippen molar-refractivity contribution in [1.82, 2.24) is 0 Å². The van der Waals surface area contributed by atoms with Crippen LogP contribution in [0.25, 0.3) is 0 Å². The molecule has 0 bridgehead atoms. The van der Waals surface area contributed by atoms with E-state index in [0.29, 0.717) is 0 Å². The molecule has 1 atom stereocenters. The minimum absolute atomic E-state index is 0.229. The average Bonchev–Trinajstić information content (AvgIpc) is 3.12. The Hall–Kier alpha value is -1.35. The maximum Gasteiger partial charge on any atom is 0.330 e. The van der Waals surface area contributed by atoms with E-state index in [4.69, 9.17) is 10.5 Å². The van der Waals surface area contributed by atoms with Crippen molar-refractivity contribution in [2.75, 3.05) is 7.11 Å². The second-order valence-corrected chi connectivity index (χ2v) is 4.00. The first-order valence-electron chi connectivity index (χ1n) is 5.12. The first-order valence-corrected chi connectivity index (χ1v) is 5.12. The topological polar surface area (TPSA) is 52.3 Å². The van der Waals surface area contributed by atoms with Gasteiger partial charge in [0.25, 0.3) is 0 Å². The lowest BCUT2D eigenvalue weighted by Crippen LogP contribution is -2.47. The Labute approximate surface area is 89.2 Å². The first kappa shape index (κ1) is 10.2. The lowest BCUT2D eigenvalue weighted by molar-refractivity contribution is -0.148. The molecular formula is C12H15NO2. The van der Waals surface area contributed by atoms with Crippen LogP contribution in [-0.4, -0.2) is 13.1 Å². The molecule has 2 rings (SSSR count). The zero-order valence-corrected chi connectivity index (χ0v) is 8.77. The van der Waals surface area contributed by atoms with E-state index in [1.54, 1.807) is 0 Å². The van der Waals surface area contributed by atoms with Gasteiger partial charge in [-0.2, -0.15) is 0 Å². The maximum atomic E-state index is 11.8. The van der Waals surface area contributed by atoms with Crippen LogP contribution in [0.2, 0.25) is 0 Å². The van der Waals surface area contributed by atoms with Crippen molar-refractivity contribution in [1.29, 1.82) is 0 Å². The molecular weight excluding hydrogens is 190 g/mol. The van der Waals surface area contributed by atoms with E-state index in [0.717, 1.165) is 18.4 Å². The zero-order valence-electron chi connectivity index (χ0n) is 8.77. The number of rotatable bonds is 3. The maximum absolute atomic E-state index is 11.8. The van der Waals surface area contributed by atoms with Crippen molar-refractivity contribution in [3.05, 3.63) is 35.9 Å². The summed E-state index contributed by atoms with van der Waals surface area (Å²) >= 11 is 0. The lowest BCUT2D eigenvalue weighted by atomic mass is 9.86. The molecule has 0 spiro atoms. The summed E-state index contributed by atoms with van der Waals surface area (Å²) in [5.41, 5.74) is 6.10. The predicted molar refractivity (Wildman–Crippen MR) is 57.0 cm³/mol. The molecule has 2 N–H and O–H groups in total. The molecule has 0 saturated heterocycles. The number of methoxy groups -OCH3 is 1. The molecule has 0 amide bonds. The van der Waals surface area contributed by atoms with Crippen molar-refractivity contribution in [3.63, 3.8) is 0 Å². The minimum atomic E-state index is -0.948. The van der Waals surface area contributed by atoms with Crippen molar-refractivity contribution in [3.8, 4) is 0 Å². The number of benzene rings is 1. The molecule has 1 fully saturated rings. The van der Waals surface area contributed by atoms with E-state index in [1.165, 1.54) is 7.11 Å². The minimum Gasteiger partial charge on any atom is -0.467 e. The largest absolute Gasteiger partial charge is 0.467 e. The molecule has 0 radical (unpaired) electrons. The molecule has 1 aromatic rings. The predicted octanol–water partition coefficient (Wildman–Crippen LogP) is 1.42. The van der Waals surface area contributed by atoms with Gasteiger partial charge >= 0.3 is 5.97 Å². The molecule has 1 aliphatic rings. The highest BCUT2D eigenvalue weighted by atomic mass is 16.5. The van der Waals surface area contributed by atoms with Crippen LogP contribution < -0.4 is 5.73 Å². The molecule has 3 heteroatoms. The quantitative estimate of drug-likeness (QED) is 0.759. The van der Waals surface area contributed by atoms with Crippen LogP contribution in [0.5, 0.6) is 0 Å². The van der Waals surface area contributed by atoms with E-state index in [9.17, 15) is 4.79 Å². The number of ether oxygens (including phenoxy) is 1. The van der Waals surface area contributed by atoms with Gasteiger partial charge < -0.3 is 10.5 Å². The monoisotopic (exact) mass is 205 g/mol. The second kappa shape index (κ2) is 3.66. The van der Waals surface area contributed by atoms with Crippen LogP contribution in [0.15, 0.2) is 30.3 Å². The van der Waals surface area contributed by atoms with Gasteiger partial charge in [-0.25, -0.2) is 4.79 Å². The molecule has 1 aromatic carbocycles. The Bertz CT molecular complexity index is 359. The third-order valence-corrected chi connectivity index (χ3v) is 3.00. The van der Waals surface area contributed by atoms with Gasteiger partial charge in [-0.1, -0.05) is 30.3 Å². The summed E-state index contributed by atoms with van der Waals surface area (Å²) in [5, 5.41) is 0. The molecule has 1 unspecified atom stereocenters. The fraction of sp³-hybridized carbons (Fsp3) is 0.417. The smallest absolute Gasteiger partial charge is 0.330 e. The highest BCUT2D eigenvalue weighted by Gasteiger charge is 2.50. The lowest BCUT2D eigenvalue weighted by Gasteiger charge is -2.26. The van der Waals surface area contributed by atoms with Crippen LogP contribution in [-0.2, 0) is 15.1 Å². The van der Waals surface area contributed by atoms with Crippen molar-refractivity contribution >= 4 is 5.97 Å². The average molecular weight is 205 g/mol. The molecule has 1 aliphatic carbocycles. The summed E-state index contributed by atoms with van der Waals surface area (Å²) in [4.78, 5) is 11.8. The Morgan fingerprint density at radius 1 is 1.40 bits per heavy atom. The van der Waals surface area contributed by atoms with Gasteiger partial charge in [0.15, 0.2) is 0 Å². The summed E-state index contributed by atoms with van der Waals surface area (Å²) in [5.74, 6) is -0.108. The van der Waals surface area contributed by atoms with E-state index in [2.05, 4.69) is 0 Å². The number of carbonyl (C=O) groups excluding carboxylic acids is 1. The highest BCUT2D eigenvalue weighted by molar-refractivity contribution is 5.83. The fourth-order valence-corrected chi connectivity index (χ4v) is 1.94. The number of hydrogen-bond acceptors (Lipinski definition) is 3. The van der Waals surface area contributed by atoms with Gasteiger partial charge in [0.05, 0.1) is 7.11 Å². The third kappa shape index (κ3) is 1.63. The van der Waals surface area contributed by atoms with Crippen molar-refractivity contribution in [2.24, 2.45) is 11.7 Å². The number of nitrogens with two attached hydrogens (primary N) is 1. The van der Waals surface area contributed by atoms with Crippen LogP contribution in [0.4, 0.5) is 0 Å². The SMILES string of the molecule is COC(=O)C(N)(c1ccccc1)C1CC1. The Morgan fingerprint density at radius 2 is 2.00 bits per heavy atom. The highest BCUT2D eigenvalue weighted by Crippen LogP contribution is 2.44. The molecule has 80 valence electrons. The van der Waals surface area contributed by atoms with E-state index < -0.39 is 5.54 Å². The second-order valence-electron chi connectivity index (χ2n) is 4.00. The summed E-state index contributed by atoms with van der Waals surface area (Å²) in [7, 11) is 1.38. The molecule has 0 heterocycles. The normalized spacial score (nSPS) is 19.3. The van der Waals surface area contributed by atoms with Crippen LogP contribution in [0.1, 0.15) is 18.4 Å². The van der Waals surface area contributed by atoms with Gasteiger partial charge in [-0.3, -0.25) is 0 Å². The Morgan fingerprint density at radius 3 is 2.47 bits per heavy atom. The molecule has 0 aliphatic heterocycles. The van der Waals surface area contributed by atoms with E-state index >= 15 is 0 Å². The van der Waals surface area contributed by atoms with Gasteiger partial charge in [-0.15, -0.1) is 0 Å². The van der Waals surface area contributed by atoms with Crippen LogP contribution in [0, 0.1) is 5.92 Å². The number of esters is 1. The molecule has 15 heavy (non-hydrogen) atoms. The van der Waals surface area contributed by atoms with Crippen molar-refractivity contribution in [2.45, 2.75) is 18.4 Å². The Kier molecular flexibility index (Phi) is 2.49. The summed E-state index contributed by atoms with van der Waals surface area (Å²) in [6, 6.07) is 9.46. The van der Waals surface area contributed by atoms with Crippen LogP contribution in [0.3, 0.4) is 0 Å². The third-order valence-electron chi connectivity index (χ3n) is 3.00. The standard InChI is InChI=1S/C12H15NO2/c1-15-11(14)12(13,10-7-8-10)9-5-3-2-4-6-9/h2-6,10H,7-8,13H2,1H3. The molecule has 0 aromatic heterocycles. The van der Waals surface area contributed by atoms with Gasteiger partial charge in [0.2, 0.25) is 0 Å². The first-order chi connectivity index (χ1) is 7.19. The van der Waals surface area contributed by atoms with E-state index in [1.807, 2.05) is 30.3 Å². The molecule has 3 nitrogen and oxygen atoms in total. The summed E-state index contributed by atoms with van der Waals surface area (Å²) in [6.45, 7) is 0. The van der Waals surface area contributed by atoms with Gasteiger partial charge in [0, 0.05) is 0 Å². The summed E-state index contributed by atoms with van der Waals surface area (Å²) in [6.07, 6.45) is 2.00. The zero-order chi connectivity index (χ0) is 10.9. The van der Waals surface area contributed by atoms with Gasteiger partial charge in [0.1, 0.15) is 5.54 Å². The van der Waals surface area contributed by atoms with Crippen LogP contribution >= 0.6 is 0 Å². The Balaban J connectivity index is 2.38. The number of carbonyl (C=O) groups is 1. The fourth-order valence-electron chi connectivity index (χ4n) is 1.94. The molecule has 1 saturated carbocycles. The number of hydrogen-bond donors (Lipinski definition) is 1. The van der Waals surface area contributed by atoms with Crippen molar-refractivity contribution < 1.29 is 9.53 Å². The van der Waals surface area contributed by atoms with Gasteiger partial charge in [-0.05, 0) is 24.3 Å². The van der Waals surface area contributed by atoms with E-state index in [-0.39, 0.29) is 11.9 Å².